The van der Waals surface area contributed by atoms with Crippen LogP contribution in [0.15, 0.2) is 58.0 Å². The van der Waals surface area contributed by atoms with E-state index >= 15 is 0 Å². The average molecular weight is 302 g/mol. The van der Waals surface area contributed by atoms with E-state index in [0.29, 0.717) is 6.54 Å². The van der Waals surface area contributed by atoms with Crippen LogP contribution in [0.5, 0.6) is 0 Å². The molecule has 0 aliphatic carbocycles. The lowest BCUT2D eigenvalue weighted by Crippen LogP contribution is -2.25. The standard InChI is InChI=1S/C14H12BrN3/c15-11-5-7-12(8-6-11)17-14-16-9-10-3-1-2-4-13(10)18-14/h1-8H,9H2,(H2,16,17,18). The van der Waals surface area contributed by atoms with Crippen LogP contribution in [0.25, 0.3) is 0 Å². The Morgan fingerprint density at radius 3 is 2.67 bits per heavy atom. The molecule has 0 aromatic heterocycles. The van der Waals surface area contributed by atoms with Crippen molar-refractivity contribution in [3.8, 4) is 0 Å². The summed E-state index contributed by atoms with van der Waals surface area (Å²) in [4.78, 5) is 4.47. The predicted octanol–water partition coefficient (Wildman–Crippen LogP) is 3.84. The monoisotopic (exact) mass is 301 g/mol. The minimum Gasteiger partial charge on any atom is -0.326 e. The molecule has 18 heavy (non-hydrogen) atoms. The van der Waals surface area contributed by atoms with Crippen molar-refractivity contribution in [2.75, 3.05) is 10.6 Å². The van der Waals surface area contributed by atoms with E-state index in [9.17, 15) is 0 Å². The number of anilines is 2. The number of fused-ring (bicyclic) bond motifs is 1. The van der Waals surface area contributed by atoms with Gasteiger partial charge in [0.25, 0.3) is 0 Å². The van der Waals surface area contributed by atoms with Crippen molar-refractivity contribution >= 4 is 33.3 Å². The highest BCUT2D eigenvalue weighted by molar-refractivity contribution is 9.10. The summed E-state index contributed by atoms with van der Waals surface area (Å²) in [5.41, 5.74) is 3.36. The molecule has 2 N–H and O–H groups in total. The lowest BCUT2D eigenvalue weighted by molar-refractivity contribution is 1.04. The van der Waals surface area contributed by atoms with Crippen LogP contribution in [0.3, 0.4) is 0 Å². The van der Waals surface area contributed by atoms with Crippen LogP contribution in [0.4, 0.5) is 11.4 Å². The van der Waals surface area contributed by atoms with Crippen molar-refractivity contribution in [1.29, 1.82) is 0 Å². The summed E-state index contributed by atoms with van der Waals surface area (Å²) in [6.45, 7) is 0.710. The van der Waals surface area contributed by atoms with Crippen LogP contribution in [-0.2, 0) is 6.54 Å². The number of nitrogens with one attached hydrogen (secondary N) is 2. The minimum atomic E-state index is 0.710. The maximum atomic E-state index is 4.47. The molecule has 0 unspecified atom stereocenters. The minimum absolute atomic E-state index is 0.710. The third-order valence-electron chi connectivity index (χ3n) is 2.78. The molecule has 1 aliphatic heterocycles. The number of rotatable bonds is 1. The van der Waals surface area contributed by atoms with Crippen LogP contribution in [0.1, 0.15) is 5.56 Å². The van der Waals surface area contributed by atoms with Gasteiger partial charge in [-0.25, -0.2) is 4.99 Å². The highest BCUT2D eigenvalue weighted by Gasteiger charge is 2.10. The quantitative estimate of drug-likeness (QED) is 0.839. The molecule has 1 aliphatic rings. The molecule has 3 rings (SSSR count). The van der Waals surface area contributed by atoms with E-state index in [2.05, 4.69) is 43.7 Å². The van der Waals surface area contributed by atoms with E-state index in [1.54, 1.807) is 0 Å². The number of hydrogen-bond acceptors (Lipinski definition) is 3. The number of para-hydroxylation sites is 1. The lowest BCUT2D eigenvalue weighted by atomic mass is 10.1. The number of halogens is 1. The van der Waals surface area contributed by atoms with Gasteiger partial charge in [-0.3, -0.25) is 0 Å². The van der Waals surface area contributed by atoms with Crippen LogP contribution in [0, 0.1) is 0 Å². The zero-order valence-corrected chi connectivity index (χ0v) is 11.2. The molecule has 0 saturated heterocycles. The SMILES string of the molecule is Brc1ccc(NC2=NCc3ccccc3N2)cc1. The molecule has 0 radical (unpaired) electrons. The maximum absolute atomic E-state index is 4.47. The van der Waals surface area contributed by atoms with E-state index in [1.165, 1.54) is 5.56 Å². The van der Waals surface area contributed by atoms with Gasteiger partial charge < -0.3 is 10.6 Å². The predicted molar refractivity (Wildman–Crippen MR) is 79.0 cm³/mol. The van der Waals surface area contributed by atoms with E-state index in [4.69, 9.17) is 0 Å². The fourth-order valence-electron chi connectivity index (χ4n) is 1.85. The number of nitrogens with zero attached hydrogens (tertiary/aromatic N) is 1. The van der Waals surface area contributed by atoms with Gasteiger partial charge in [-0.2, -0.15) is 0 Å². The van der Waals surface area contributed by atoms with Crippen LogP contribution in [0.2, 0.25) is 0 Å². The second-order valence-electron chi connectivity index (χ2n) is 4.08. The Hall–Kier alpha value is -1.81. The molecule has 0 fully saturated rings. The summed E-state index contributed by atoms with van der Waals surface area (Å²) in [6.07, 6.45) is 0. The van der Waals surface area contributed by atoms with Gasteiger partial charge in [-0.05, 0) is 35.9 Å². The van der Waals surface area contributed by atoms with Gasteiger partial charge in [0.2, 0.25) is 5.96 Å². The Bertz CT molecular complexity index is 590. The first-order valence-corrected chi connectivity index (χ1v) is 6.52. The average Bonchev–Trinajstić information content (AvgIpc) is 2.41. The Morgan fingerprint density at radius 2 is 1.83 bits per heavy atom. The van der Waals surface area contributed by atoms with Crippen molar-refractivity contribution in [3.63, 3.8) is 0 Å². The molecule has 1 heterocycles. The van der Waals surface area contributed by atoms with Crippen molar-refractivity contribution in [3.05, 3.63) is 58.6 Å². The second kappa shape index (κ2) is 4.82. The Balaban J connectivity index is 1.76. The van der Waals surface area contributed by atoms with Crippen LogP contribution < -0.4 is 10.6 Å². The van der Waals surface area contributed by atoms with Gasteiger partial charge in [-0.1, -0.05) is 34.1 Å². The number of guanidine groups is 1. The molecular weight excluding hydrogens is 290 g/mol. The largest absolute Gasteiger partial charge is 0.326 e. The van der Waals surface area contributed by atoms with Gasteiger partial charge in [0.1, 0.15) is 0 Å². The van der Waals surface area contributed by atoms with Crippen molar-refractivity contribution in [2.24, 2.45) is 4.99 Å². The van der Waals surface area contributed by atoms with E-state index < -0.39 is 0 Å². The Morgan fingerprint density at radius 1 is 1.06 bits per heavy atom. The molecular formula is C14H12BrN3. The molecule has 0 amide bonds. The maximum Gasteiger partial charge on any atom is 0.200 e. The van der Waals surface area contributed by atoms with Gasteiger partial charge in [0.05, 0.1) is 6.54 Å². The Labute approximate surface area is 114 Å². The fourth-order valence-corrected chi connectivity index (χ4v) is 2.12. The normalized spacial score (nSPS) is 13.3. The summed E-state index contributed by atoms with van der Waals surface area (Å²) in [5.74, 6) is 0.788. The van der Waals surface area contributed by atoms with E-state index in [0.717, 1.165) is 21.8 Å². The van der Waals surface area contributed by atoms with Gasteiger partial charge in [0.15, 0.2) is 0 Å². The molecule has 3 nitrogen and oxygen atoms in total. The van der Waals surface area contributed by atoms with E-state index in [1.807, 2.05) is 36.4 Å². The molecule has 0 saturated carbocycles. The molecule has 0 atom stereocenters. The Kier molecular flexibility index (Phi) is 3.02. The highest BCUT2D eigenvalue weighted by Crippen LogP contribution is 2.21. The van der Waals surface area contributed by atoms with Crippen LogP contribution in [-0.4, -0.2) is 5.96 Å². The number of aliphatic imine (C=N–C) groups is 1. The van der Waals surface area contributed by atoms with Crippen molar-refractivity contribution in [2.45, 2.75) is 6.54 Å². The summed E-state index contributed by atoms with van der Waals surface area (Å²) >= 11 is 3.42. The first kappa shape index (κ1) is 11.3. The molecule has 2 aromatic carbocycles. The van der Waals surface area contributed by atoms with Crippen molar-refractivity contribution < 1.29 is 0 Å². The van der Waals surface area contributed by atoms with Gasteiger partial charge in [0, 0.05) is 15.8 Å². The zero-order chi connectivity index (χ0) is 12.4. The fraction of sp³-hybridized carbons (Fsp3) is 0.0714. The smallest absolute Gasteiger partial charge is 0.200 e. The van der Waals surface area contributed by atoms with Crippen molar-refractivity contribution in [1.82, 2.24) is 0 Å². The van der Waals surface area contributed by atoms with Gasteiger partial charge in [-0.15, -0.1) is 0 Å². The second-order valence-corrected chi connectivity index (χ2v) is 4.99. The third kappa shape index (κ3) is 2.38. The summed E-state index contributed by atoms with van der Waals surface area (Å²) in [6, 6.07) is 16.2. The summed E-state index contributed by atoms with van der Waals surface area (Å²) in [7, 11) is 0. The molecule has 2 aromatic rings. The van der Waals surface area contributed by atoms with E-state index in [-0.39, 0.29) is 0 Å². The summed E-state index contributed by atoms with van der Waals surface area (Å²) in [5, 5.41) is 6.55. The third-order valence-corrected chi connectivity index (χ3v) is 3.31. The number of benzene rings is 2. The first-order chi connectivity index (χ1) is 8.81. The molecule has 0 spiro atoms. The summed E-state index contributed by atoms with van der Waals surface area (Å²) < 4.78 is 1.07. The van der Waals surface area contributed by atoms with Crippen LogP contribution >= 0.6 is 15.9 Å². The molecule has 90 valence electrons. The molecule has 0 bridgehead atoms. The topological polar surface area (TPSA) is 36.4 Å². The number of hydrogen-bond donors (Lipinski definition) is 2. The first-order valence-electron chi connectivity index (χ1n) is 5.73. The zero-order valence-electron chi connectivity index (χ0n) is 9.65. The lowest BCUT2D eigenvalue weighted by Gasteiger charge is -2.19. The highest BCUT2D eigenvalue weighted by atomic mass is 79.9. The molecule has 4 heteroatoms. The van der Waals surface area contributed by atoms with Gasteiger partial charge >= 0.3 is 0 Å².